The Morgan fingerprint density at radius 1 is 2.00 bits per heavy atom. The first-order chi connectivity index (χ1) is 2.81. The normalized spacial score (nSPS) is 15.7. The maximum Gasteiger partial charge on any atom is 0.178 e. The van der Waals surface area contributed by atoms with Crippen LogP contribution in [0.15, 0.2) is 12.7 Å². The monoisotopic (exact) mass is 122 g/mol. The fraction of sp³-hybridized carbons (Fsp3) is 0.333. The lowest BCUT2D eigenvalue weighted by atomic mass is 10.8. The summed E-state index contributed by atoms with van der Waals surface area (Å²) in [5, 5.41) is -0.134. The molecule has 1 atom stereocenters. The van der Waals surface area contributed by atoms with Crippen LogP contribution in [0.5, 0.6) is 0 Å². The molecule has 0 aliphatic heterocycles. The molecule has 0 heterocycles. The summed E-state index contributed by atoms with van der Waals surface area (Å²) in [7, 11) is -1.01. The Hall–Kier alpha value is 0.207. The van der Waals surface area contributed by atoms with Crippen molar-refractivity contribution in [1.29, 1.82) is 0 Å². The summed E-state index contributed by atoms with van der Waals surface area (Å²) >= 11 is 5.34. The standard InChI is InChI=1S/C3H7ClOSi/c1-2-3(4)6-5/h2-3,5H,1,6H2. The Kier molecular flexibility index (Phi) is 3.52. The van der Waals surface area contributed by atoms with Crippen molar-refractivity contribution in [2.24, 2.45) is 0 Å². The second kappa shape index (κ2) is 3.40. The molecule has 0 aliphatic carbocycles. The van der Waals surface area contributed by atoms with Crippen molar-refractivity contribution in [3.63, 3.8) is 0 Å². The number of rotatable bonds is 2. The SMILES string of the molecule is C=CC(Cl)[SiH2]O. The predicted molar refractivity (Wildman–Crippen MR) is 30.6 cm³/mol. The van der Waals surface area contributed by atoms with Crippen molar-refractivity contribution in [1.82, 2.24) is 0 Å². The van der Waals surface area contributed by atoms with Gasteiger partial charge in [-0.05, 0) is 0 Å². The molecule has 1 unspecified atom stereocenters. The van der Waals surface area contributed by atoms with E-state index in [1.807, 2.05) is 0 Å². The number of hydrogen-bond donors (Lipinski definition) is 1. The fourth-order valence-electron chi connectivity index (χ4n) is 0.0745. The first kappa shape index (κ1) is 6.21. The highest BCUT2D eigenvalue weighted by atomic mass is 35.5. The van der Waals surface area contributed by atoms with E-state index in [-0.39, 0.29) is 5.00 Å². The van der Waals surface area contributed by atoms with Gasteiger partial charge in [0.25, 0.3) is 0 Å². The average molecular weight is 123 g/mol. The van der Waals surface area contributed by atoms with Crippen molar-refractivity contribution < 1.29 is 4.80 Å². The third-order valence-electron chi connectivity index (χ3n) is 0.430. The van der Waals surface area contributed by atoms with Crippen LogP contribution in [0.1, 0.15) is 0 Å². The molecule has 0 aromatic heterocycles. The summed E-state index contributed by atoms with van der Waals surface area (Å²) in [5.74, 6) is 0. The molecule has 0 saturated heterocycles. The lowest BCUT2D eigenvalue weighted by Gasteiger charge is -1.88. The zero-order valence-corrected chi connectivity index (χ0v) is 5.56. The lowest BCUT2D eigenvalue weighted by molar-refractivity contribution is 0.603. The Morgan fingerprint density at radius 2 is 2.50 bits per heavy atom. The molecule has 0 spiro atoms. The van der Waals surface area contributed by atoms with Crippen molar-refractivity contribution in [3.05, 3.63) is 12.7 Å². The summed E-state index contributed by atoms with van der Waals surface area (Å²) < 4.78 is 0. The first-order valence-electron chi connectivity index (χ1n) is 1.68. The van der Waals surface area contributed by atoms with Gasteiger partial charge in [0, 0.05) is 0 Å². The molecule has 36 valence electrons. The number of allylic oxidation sites excluding steroid dienone is 1. The molecule has 0 aromatic carbocycles. The average Bonchev–Trinajstić information content (AvgIpc) is 1.65. The van der Waals surface area contributed by atoms with Crippen molar-refractivity contribution in [3.8, 4) is 0 Å². The van der Waals surface area contributed by atoms with E-state index < -0.39 is 9.76 Å². The molecule has 1 N–H and O–H groups in total. The van der Waals surface area contributed by atoms with Crippen molar-refractivity contribution in [2.45, 2.75) is 5.00 Å². The van der Waals surface area contributed by atoms with Crippen LogP contribution in [0.2, 0.25) is 0 Å². The molecule has 0 amide bonds. The third-order valence-corrected chi connectivity index (χ3v) is 1.70. The second-order valence-electron chi connectivity index (χ2n) is 0.934. The maximum atomic E-state index is 8.27. The van der Waals surface area contributed by atoms with E-state index in [4.69, 9.17) is 16.4 Å². The summed E-state index contributed by atoms with van der Waals surface area (Å²) in [5.41, 5.74) is 0. The van der Waals surface area contributed by atoms with Gasteiger partial charge in [0.2, 0.25) is 0 Å². The first-order valence-corrected chi connectivity index (χ1v) is 3.57. The van der Waals surface area contributed by atoms with Gasteiger partial charge < -0.3 is 4.80 Å². The number of halogens is 1. The summed E-state index contributed by atoms with van der Waals surface area (Å²) in [6, 6.07) is 0. The van der Waals surface area contributed by atoms with Crippen LogP contribution < -0.4 is 0 Å². The smallest absolute Gasteiger partial charge is 0.178 e. The van der Waals surface area contributed by atoms with Crippen molar-refractivity contribution >= 4 is 21.4 Å². The fourth-order valence-corrected chi connectivity index (χ4v) is 0.224. The van der Waals surface area contributed by atoms with Crippen LogP contribution in [0.3, 0.4) is 0 Å². The molecule has 0 rings (SSSR count). The topological polar surface area (TPSA) is 20.2 Å². The molecule has 1 nitrogen and oxygen atoms in total. The van der Waals surface area contributed by atoms with E-state index in [9.17, 15) is 0 Å². The molecule has 0 radical (unpaired) electrons. The Morgan fingerprint density at radius 3 is 2.50 bits per heavy atom. The summed E-state index contributed by atoms with van der Waals surface area (Å²) in [6.45, 7) is 3.37. The number of alkyl halides is 1. The Labute approximate surface area is 44.6 Å². The highest BCUT2D eigenvalue weighted by Gasteiger charge is 1.91. The van der Waals surface area contributed by atoms with Gasteiger partial charge in [-0.15, -0.1) is 18.2 Å². The molecule has 0 aromatic rings. The molecular formula is C3H7ClOSi. The summed E-state index contributed by atoms with van der Waals surface area (Å²) in [6.07, 6.45) is 1.55. The predicted octanol–water partition coefficient (Wildman–Crippen LogP) is -0.187. The van der Waals surface area contributed by atoms with Gasteiger partial charge in [0.1, 0.15) is 0 Å². The van der Waals surface area contributed by atoms with E-state index in [2.05, 4.69) is 6.58 Å². The molecule has 3 heteroatoms. The van der Waals surface area contributed by atoms with Crippen LogP contribution in [-0.4, -0.2) is 19.6 Å². The van der Waals surface area contributed by atoms with E-state index in [0.29, 0.717) is 0 Å². The van der Waals surface area contributed by atoms with Gasteiger partial charge in [-0.1, -0.05) is 6.08 Å². The quantitative estimate of drug-likeness (QED) is 0.306. The second-order valence-corrected chi connectivity index (χ2v) is 3.26. The molecule has 0 aliphatic rings. The van der Waals surface area contributed by atoms with E-state index in [1.54, 1.807) is 6.08 Å². The summed E-state index contributed by atoms with van der Waals surface area (Å²) in [4.78, 5) is 8.27. The minimum Gasteiger partial charge on any atom is -0.436 e. The van der Waals surface area contributed by atoms with Gasteiger partial charge >= 0.3 is 0 Å². The molecule has 6 heavy (non-hydrogen) atoms. The third kappa shape index (κ3) is 2.44. The molecule has 0 bridgehead atoms. The van der Waals surface area contributed by atoms with E-state index in [0.717, 1.165) is 0 Å². The van der Waals surface area contributed by atoms with Crippen LogP contribution in [0.4, 0.5) is 0 Å². The van der Waals surface area contributed by atoms with E-state index in [1.165, 1.54) is 0 Å². The van der Waals surface area contributed by atoms with Crippen LogP contribution in [0.25, 0.3) is 0 Å². The van der Waals surface area contributed by atoms with Gasteiger partial charge in [0.15, 0.2) is 9.76 Å². The largest absolute Gasteiger partial charge is 0.436 e. The zero-order valence-electron chi connectivity index (χ0n) is 3.39. The molecule has 0 saturated carbocycles. The van der Waals surface area contributed by atoms with Crippen LogP contribution >= 0.6 is 11.6 Å². The highest BCUT2D eigenvalue weighted by Crippen LogP contribution is 1.88. The van der Waals surface area contributed by atoms with Crippen LogP contribution in [0, 0.1) is 0 Å². The molecular weight excluding hydrogens is 116 g/mol. The van der Waals surface area contributed by atoms with Gasteiger partial charge in [-0.2, -0.15) is 0 Å². The zero-order chi connectivity index (χ0) is 4.99. The number of hydrogen-bond acceptors (Lipinski definition) is 1. The van der Waals surface area contributed by atoms with Crippen LogP contribution in [-0.2, 0) is 0 Å². The minimum absolute atomic E-state index is 0.134. The van der Waals surface area contributed by atoms with Gasteiger partial charge in [0.05, 0.1) is 5.00 Å². The van der Waals surface area contributed by atoms with Gasteiger partial charge in [-0.3, -0.25) is 0 Å². The highest BCUT2D eigenvalue weighted by molar-refractivity contribution is 6.48. The Bertz CT molecular complexity index is 48.1. The van der Waals surface area contributed by atoms with Gasteiger partial charge in [-0.25, -0.2) is 0 Å². The maximum absolute atomic E-state index is 8.27. The molecule has 0 fully saturated rings. The Balaban J connectivity index is 2.96. The van der Waals surface area contributed by atoms with Crippen molar-refractivity contribution in [2.75, 3.05) is 0 Å². The lowest BCUT2D eigenvalue weighted by Crippen LogP contribution is -2.02. The minimum atomic E-state index is -1.01. The van der Waals surface area contributed by atoms with E-state index >= 15 is 0 Å².